The first-order valence-corrected chi connectivity index (χ1v) is 7.20. The van der Waals surface area contributed by atoms with Gasteiger partial charge in [-0.3, -0.25) is 4.68 Å². The Bertz CT molecular complexity index is 366. The Balaban J connectivity index is 2.74. The van der Waals surface area contributed by atoms with Crippen LogP contribution in [0.5, 0.6) is 0 Å². The largest absolute Gasteiger partial charge is 0.314 e. The van der Waals surface area contributed by atoms with E-state index in [-0.39, 0.29) is 0 Å². The molecule has 1 rings (SSSR count). The van der Waals surface area contributed by atoms with Gasteiger partial charge in [-0.05, 0) is 45.2 Å². The summed E-state index contributed by atoms with van der Waals surface area (Å²) < 4.78 is 2.22. The van der Waals surface area contributed by atoms with Gasteiger partial charge in [-0.2, -0.15) is 5.10 Å². The van der Waals surface area contributed by atoms with Crippen molar-refractivity contribution in [2.24, 2.45) is 5.92 Å². The minimum atomic E-state index is 0.487. The van der Waals surface area contributed by atoms with E-state index >= 15 is 0 Å². The van der Waals surface area contributed by atoms with Gasteiger partial charge in [-0.25, -0.2) is 0 Å². The molecule has 1 heterocycles. The van der Waals surface area contributed by atoms with Crippen molar-refractivity contribution in [2.45, 2.75) is 60.4 Å². The zero-order valence-corrected chi connectivity index (χ0v) is 12.9. The molecule has 0 aliphatic carbocycles. The summed E-state index contributed by atoms with van der Waals surface area (Å²) in [7, 11) is 0. The van der Waals surface area contributed by atoms with Gasteiger partial charge in [0.05, 0.1) is 11.7 Å². The number of aryl methyl sites for hydroxylation is 1. The first-order valence-electron chi connectivity index (χ1n) is 7.20. The molecular formula is C15H29N3. The average Bonchev–Trinajstić information content (AvgIpc) is 2.55. The van der Waals surface area contributed by atoms with Crippen molar-refractivity contribution in [3.63, 3.8) is 0 Å². The Morgan fingerprint density at radius 2 is 1.83 bits per heavy atom. The van der Waals surface area contributed by atoms with E-state index in [2.05, 4.69) is 51.5 Å². The van der Waals surface area contributed by atoms with E-state index in [9.17, 15) is 0 Å². The summed E-state index contributed by atoms with van der Waals surface area (Å²) >= 11 is 0. The highest BCUT2D eigenvalue weighted by Gasteiger charge is 2.16. The summed E-state index contributed by atoms with van der Waals surface area (Å²) in [5.41, 5.74) is 3.81. The van der Waals surface area contributed by atoms with Gasteiger partial charge in [-0.1, -0.05) is 27.2 Å². The third-order valence-corrected chi connectivity index (χ3v) is 3.59. The Labute approximate surface area is 112 Å². The molecule has 0 saturated carbocycles. The van der Waals surface area contributed by atoms with Crippen molar-refractivity contribution < 1.29 is 0 Å². The van der Waals surface area contributed by atoms with Crippen molar-refractivity contribution in [2.75, 3.05) is 13.1 Å². The maximum absolute atomic E-state index is 4.70. The highest BCUT2D eigenvalue weighted by molar-refractivity contribution is 5.22. The van der Waals surface area contributed by atoms with Crippen LogP contribution in [0.1, 0.15) is 56.6 Å². The predicted molar refractivity (Wildman–Crippen MR) is 78.1 cm³/mol. The van der Waals surface area contributed by atoms with E-state index in [1.807, 2.05) is 0 Å². The van der Waals surface area contributed by atoms with Crippen LogP contribution in [0.25, 0.3) is 0 Å². The van der Waals surface area contributed by atoms with E-state index in [0.29, 0.717) is 12.0 Å². The molecule has 3 heteroatoms. The molecule has 0 aromatic carbocycles. The summed E-state index contributed by atoms with van der Waals surface area (Å²) in [5, 5.41) is 8.27. The van der Waals surface area contributed by atoms with Crippen molar-refractivity contribution in [3.05, 3.63) is 17.0 Å². The van der Waals surface area contributed by atoms with Gasteiger partial charge in [-0.15, -0.1) is 0 Å². The molecule has 3 nitrogen and oxygen atoms in total. The monoisotopic (exact) mass is 251 g/mol. The Morgan fingerprint density at radius 1 is 1.17 bits per heavy atom. The van der Waals surface area contributed by atoms with Crippen LogP contribution in [0.2, 0.25) is 0 Å². The first-order chi connectivity index (χ1) is 8.47. The van der Waals surface area contributed by atoms with Crippen LogP contribution in [0.4, 0.5) is 0 Å². The summed E-state index contributed by atoms with van der Waals surface area (Å²) in [5.74, 6) is 0.703. The zero-order valence-electron chi connectivity index (χ0n) is 12.9. The summed E-state index contributed by atoms with van der Waals surface area (Å²) in [4.78, 5) is 0. The number of nitrogens with one attached hydrogen (secondary N) is 1. The molecule has 1 atom stereocenters. The second-order valence-electron chi connectivity index (χ2n) is 5.73. The number of nitrogens with zero attached hydrogens (tertiary/aromatic N) is 2. The Kier molecular flexibility index (Phi) is 5.86. The van der Waals surface area contributed by atoms with Crippen molar-refractivity contribution in [3.8, 4) is 0 Å². The van der Waals surface area contributed by atoms with Crippen LogP contribution in [0.3, 0.4) is 0 Å². The SMILES string of the molecule is CCCC(CNCC(C)C)n1nc(C)c(C)c1C. The summed E-state index contributed by atoms with van der Waals surface area (Å²) in [6.45, 7) is 15.3. The maximum Gasteiger partial charge on any atom is 0.0646 e. The lowest BCUT2D eigenvalue weighted by molar-refractivity contribution is 0.378. The van der Waals surface area contributed by atoms with Gasteiger partial charge >= 0.3 is 0 Å². The standard InChI is InChI=1S/C15H29N3/c1-7-8-15(10-16-9-11(2)3)18-14(6)12(4)13(5)17-18/h11,15-16H,7-10H2,1-6H3. The lowest BCUT2D eigenvalue weighted by Gasteiger charge is -2.20. The highest BCUT2D eigenvalue weighted by atomic mass is 15.3. The van der Waals surface area contributed by atoms with E-state index in [1.165, 1.54) is 24.1 Å². The Morgan fingerprint density at radius 3 is 2.28 bits per heavy atom. The molecule has 104 valence electrons. The fourth-order valence-electron chi connectivity index (χ4n) is 2.28. The van der Waals surface area contributed by atoms with Gasteiger partial charge in [0, 0.05) is 12.2 Å². The van der Waals surface area contributed by atoms with Crippen LogP contribution < -0.4 is 5.32 Å². The smallest absolute Gasteiger partial charge is 0.0646 e. The minimum Gasteiger partial charge on any atom is -0.314 e. The molecule has 0 spiro atoms. The molecular weight excluding hydrogens is 222 g/mol. The number of rotatable bonds is 7. The van der Waals surface area contributed by atoms with Crippen LogP contribution in [-0.4, -0.2) is 22.9 Å². The minimum absolute atomic E-state index is 0.487. The number of hydrogen-bond donors (Lipinski definition) is 1. The molecule has 0 saturated heterocycles. The fraction of sp³-hybridized carbons (Fsp3) is 0.800. The lowest BCUT2D eigenvalue weighted by Crippen LogP contribution is -2.29. The third kappa shape index (κ3) is 3.84. The number of hydrogen-bond acceptors (Lipinski definition) is 2. The number of aromatic nitrogens is 2. The van der Waals surface area contributed by atoms with Crippen molar-refractivity contribution in [1.29, 1.82) is 0 Å². The van der Waals surface area contributed by atoms with Gasteiger partial charge < -0.3 is 5.32 Å². The van der Waals surface area contributed by atoms with E-state index in [0.717, 1.165) is 18.8 Å². The van der Waals surface area contributed by atoms with Crippen LogP contribution >= 0.6 is 0 Å². The predicted octanol–water partition coefficient (Wildman–Crippen LogP) is 3.40. The third-order valence-electron chi connectivity index (χ3n) is 3.59. The molecule has 0 amide bonds. The second kappa shape index (κ2) is 6.93. The summed E-state index contributed by atoms with van der Waals surface area (Å²) in [6, 6.07) is 0.487. The van der Waals surface area contributed by atoms with Gasteiger partial charge in [0.1, 0.15) is 0 Å². The topological polar surface area (TPSA) is 29.9 Å². The quantitative estimate of drug-likeness (QED) is 0.805. The second-order valence-corrected chi connectivity index (χ2v) is 5.73. The van der Waals surface area contributed by atoms with Gasteiger partial charge in [0.2, 0.25) is 0 Å². The van der Waals surface area contributed by atoms with Crippen LogP contribution in [0, 0.1) is 26.7 Å². The molecule has 1 N–H and O–H groups in total. The fourth-order valence-corrected chi connectivity index (χ4v) is 2.28. The van der Waals surface area contributed by atoms with Gasteiger partial charge in [0.25, 0.3) is 0 Å². The molecule has 0 radical (unpaired) electrons. The van der Waals surface area contributed by atoms with E-state index in [1.54, 1.807) is 0 Å². The molecule has 18 heavy (non-hydrogen) atoms. The lowest BCUT2D eigenvalue weighted by atomic mass is 10.1. The molecule has 0 fully saturated rings. The molecule has 0 bridgehead atoms. The molecule has 0 aliphatic heterocycles. The Hall–Kier alpha value is -0.830. The first kappa shape index (κ1) is 15.2. The molecule has 1 unspecified atom stereocenters. The van der Waals surface area contributed by atoms with E-state index in [4.69, 9.17) is 5.10 Å². The highest BCUT2D eigenvalue weighted by Crippen LogP contribution is 2.19. The summed E-state index contributed by atoms with van der Waals surface area (Å²) in [6.07, 6.45) is 2.39. The molecule has 0 aliphatic rings. The average molecular weight is 251 g/mol. The van der Waals surface area contributed by atoms with E-state index < -0.39 is 0 Å². The van der Waals surface area contributed by atoms with Crippen LogP contribution in [-0.2, 0) is 0 Å². The van der Waals surface area contributed by atoms with Gasteiger partial charge in [0.15, 0.2) is 0 Å². The maximum atomic E-state index is 4.70. The zero-order chi connectivity index (χ0) is 13.7. The van der Waals surface area contributed by atoms with Crippen molar-refractivity contribution >= 4 is 0 Å². The van der Waals surface area contributed by atoms with Crippen molar-refractivity contribution in [1.82, 2.24) is 15.1 Å². The molecule has 1 aromatic heterocycles. The molecule has 1 aromatic rings. The van der Waals surface area contributed by atoms with Crippen LogP contribution in [0.15, 0.2) is 0 Å². The normalized spacial score (nSPS) is 13.3.